The lowest BCUT2D eigenvalue weighted by Gasteiger charge is -2.19. The van der Waals surface area contributed by atoms with Gasteiger partial charge in [0.1, 0.15) is 0 Å². The van der Waals surface area contributed by atoms with E-state index in [0.29, 0.717) is 18.8 Å². The van der Waals surface area contributed by atoms with Crippen molar-refractivity contribution in [2.45, 2.75) is 33.6 Å². The zero-order chi connectivity index (χ0) is 13.8. The van der Waals surface area contributed by atoms with Gasteiger partial charge in [-0.25, -0.2) is 4.84 Å². The largest absolute Gasteiger partial charge is 0.350 e. The van der Waals surface area contributed by atoms with E-state index in [2.05, 4.69) is 0 Å². The van der Waals surface area contributed by atoms with Gasteiger partial charge in [-0.15, -0.1) is 0 Å². The predicted molar refractivity (Wildman–Crippen MR) is 72.2 cm³/mol. The number of para-hydroxylation sites is 1. The van der Waals surface area contributed by atoms with Crippen LogP contribution >= 0.6 is 0 Å². The third kappa shape index (κ3) is 2.96. The van der Waals surface area contributed by atoms with Crippen molar-refractivity contribution >= 4 is 5.91 Å². The number of hydrogen-bond acceptors (Lipinski definition) is 3. The average molecular weight is 261 g/mol. The summed E-state index contributed by atoms with van der Waals surface area (Å²) in [6.07, 6.45) is 1.39. The van der Waals surface area contributed by atoms with Crippen molar-refractivity contribution in [3.05, 3.63) is 41.0 Å². The Morgan fingerprint density at radius 3 is 2.79 bits per heavy atom. The maximum Gasteiger partial charge on any atom is 0.311 e. The van der Waals surface area contributed by atoms with Crippen LogP contribution < -0.4 is 4.84 Å². The molecule has 0 radical (unpaired) electrons. The molecule has 0 unspecified atom stereocenters. The molecule has 0 atom stereocenters. The van der Waals surface area contributed by atoms with Crippen LogP contribution in [-0.2, 0) is 16.1 Å². The monoisotopic (exact) mass is 261 g/mol. The number of allylic oxidation sites excluding steroid dienone is 1. The Labute approximate surface area is 113 Å². The van der Waals surface area contributed by atoms with Crippen LogP contribution in [0.4, 0.5) is 0 Å². The number of benzene rings is 1. The van der Waals surface area contributed by atoms with Gasteiger partial charge >= 0.3 is 5.91 Å². The summed E-state index contributed by atoms with van der Waals surface area (Å²) in [6.45, 7) is 6.29. The Hall–Kier alpha value is -1.81. The van der Waals surface area contributed by atoms with Gasteiger partial charge < -0.3 is 4.84 Å². The SMILES string of the molecule is CCCON1Oc2ccccc2CC(=C(C)C)C1=O. The summed E-state index contributed by atoms with van der Waals surface area (Å²) in [7, 11) is 0. The molecule has 1 aromatic carbocycles. The van der Waals surface area contributed by atoms with Crippen molar-refractivity contribution < 1.29 is 14.5 Å². The van der Waals surface area contributed by atoms with Gasteiger partial charge in [-0.3, -0.25) is 4.79 Å². The Kier molecular flexibility index (Phi) is 4.22. The third-order valence-electron chi connectivity index (χ3n) is 2.96. The second kappa shape index (κ2) is 5.89. The molecule has 0 saturated carbocycles. The van der Waals surface area contributed by atoms with E-state index in [1.54, 1.807) is 0 Å². The molecule has 0 N–H and O–H groups in total. The molecule has 0 aromatic heterocycles. The second-order valence-corrected chi connectivity index (χ2v) is 4.75. The van der Waals surface area contributed by atoms with Gasteiger partial charge in [0.05, 0.1) is 6.61 Å². The lowest BCUT2D eigenvalue weighted by atomic mass is 10.0. The van der Waals surface area contributed by atoms with Gasteiger partial charge in [0.25, 0.3) is 0 Å². The van der Waals surface area contributed by atoms with E-state index in [4.69, 9.17) is 9.68 Å². The number of hydroxylamine groups is 2. The molecule has 0 spiro atoms. The molecule has 0 bridgehead atoms. The minimum absolute atomic E-state index is 0.218. The van der Waals surface area contributed by atoms with Gasteiger partial charge in [-0.1, -0.05) is 30.7 Å². The van der Waals surface area contributed by atoms with Crippen molar-refractivity contribution in [1.29, 1.82) is 0 Å². The summed E-state index contributed by atoms with van der Waals surface area (Å²) in [5.41, 5.74) is 2.70. The molecule has 4 nitrogen and oxygen atoms in total. The fraction of sp³-hybridized carbons (Fsp3) is 0.400. The van der Waals surface area contributed by atoms with E-state index < -0.39 is 0 Å². The molecule has 102 valence electrons. The van der Waals surface area contributed by atoms with Crippen molar-refractivity contribution in [1.82, 2.24) is 5.23 Å². The van der Waals surface area contributed by atoms with Crippen LogP contribution in [-0.4, -0.2) is 17.7 Å². The fourth-order valence-corrected chi connectivity index (χ4v) is 1.90. The van der Waals surface area contributed by atoms with E-state index in [1.807, 2.05) is 45.0 Å². The molecule has 4 heteroatoms. The van der Waals surface area contributed by atoms with Crippen LogP contribution in [0.25, 0.3) is 0 Å². The van der Waals surface area contributed by atoms with Crippen LogP contribution in [0.15, 0.2) is 35.4 Å². The lowest BCUT2D eigenvalue weighted by molar-refractivity contribution is -0.292. The molecule has 0 fully saturated rings. The summed E-state index contributed by atoms with van der Waals surface area (Å²) in [5.74, 6) is 0.452. The number of fused-ring (bicyclic) bond motifs is 1. The summed E-state index contributed by atoms with van der Waals surface area (Å²) in [4.78, 5) is 23.3. The standard InChI is InChI=1S/C15H19NO3/c1-4-9-18-16-15(17)13(11(2)3)10-12-7-5-6-8-14(12)19-16/h5-8H,4,9-10H2,1-3H3. The molecular weight excluding hydrogens is 242 g/mol. The van der Waals surface area contributed by atoms with Crippen LogP contribution in [0.2, 0.25) is 0 Å². The van der Waals surface area contributed by atoms with Gasteiger partial charge in [0.15, 0.2) is 5.75 Å². The molecule has 1 amide bonds. The van der Waals surface area contributed by atoms with Gasteiger partial charge in [0.2, 0.25) is 0 Å². The first kappa shape index (κ1) is 13.6. The zero-order valence-electron chi connectivity index (χ0n) is 11.6. The minimum atomic E-state index is -0.218. The van der Waals surface area contributed by atoms with Crippen molar-refractivity contribution in [2.24, 2.45) is 0 Å². The van der Waals surface area contributed by atoms with Gasteiger partial charge in [-0.2, -0.15) is 0 Å². The number of carbonyl (C=O) groups excluding carboxylic acids is 1. The average Bonchev–Trinajstić information content (AvgIpc) is 2.54. The molecule has 1 aliphatic rings. The van der Waals surface area contributed by atoms with Crippen LogP contribution in [0.5, 0.6) is 5.75 Å². The molecule has 1 aromatic rings. The van der Waals surface area contributed by atoms with Gasteiger partial charge in [-0.05, 0) is 31.6 Å². The second-order valence-electron chi connectivity index (χ2n) is 4.75. The highest BCUT2D eigenvalue weighted by Crippen LogP contribution is 2.28. The molecule has 2 rings (SSSR count). The van der Waals surface area contributed by atoms with Crippen molar-refractivity contribution in [3.8, 4) is 5.75 Å². The summed E-state index contributed by atoms with van der Waals surface area (Å²) in [5, 5.41) is 1.01. The van der Waals surface area contributed by atoms with Crippen LogP contribution in [0.1, 0.15) is 32.8 Å². The number of nitrogens with zero attached hydrogens (tertiary/aromatic N) is 1. The molecule has 1 aliphatic heterocycles. The molecule has 1 heterocycles. The van der Waals surface area contributed by atoms with E-state index in [0.717, 1.165) is 28.4 Å². The summed E-state index contributed by atoms with van der Waals surface area (Å²) < 4.78 is 0. The highest BCUT2D eigenvalue weighted by Gasteiger charge is 2.28. The van der Waals surface area contributed by atoms with Crippen LogP contribution in [0, 0.1) is 0 Å². The third-order valence-corrected chi connectivity index (χ3v) is 2.96. The fourth-order valence-electron chi connectivity index (χ4n) is 1.90. The van der Waals surface area contributed by atoms with E-state index in [9.17, 15) is 4.79 Å². The molecule has 0 aliphatic carbocycles. The van der Waals surface area contributed by atoms with E-state index in [1.165, 1.54) is 0 Å². The maximum absolute atomic E-state index is 12.4. The van der Waals surface area contributed by atoms with E-state index in [-0.39, 0.29) is 5.91 Å². The normalized spacial score (nSPS) is 14.8. The lowest BCUT2D eigenvalue weighted by Crippen LogP contribution is -2.35. The highest BCUT2D eigenvalue weighted by atomic mass is 17.0. The first-order valence-electron chi connectivity index (χ1n) is 6.53. The minimum Gasteiger partial charge on any atom is -0.350 e. The summed E-state index contributed by atoms with van der Waals surface area (Å²) >= 11 is 0. The first-order chi connectivity index (χ1) is 9.13. The summed E-state index contributed by atoms with van der Waals surface area (Å²) in [6, 6.07) is 7.64. The smallest absolute Gasteiger partial charge is 0.311 e. The number of amides is 1. The molecule has 0 saturated heterocycles. The topological polar surface area (TPSA) is 38.8 Å². The Morgan fingerprint density at radius 1 is 1.37 bits per heavy atom. The van der Waals surface area contributed by atoms with Crippen molar-refractivity contribution in [2.75, 3.05) is 6.61 Å². The zero-order valence-corrected chi connectivity index (χ0v) is 11.6. The van der Waals surface area contributed by atoms with E-state index >= 15 is 0 Å². The Balaban J connectivity index is 2.38. The van der Waals surface area contributed by atoms with Crippen molar-refractivity contribution in [3.63, 3.8) is 0 Å². The quantitative estimate of drug-likeness (QED) is 0.785. The number of carbonyl (C=O) groups is 1. The first-order valence-corrected chi connectivity index (χ1v) is 6.53. The number of hydrogen-bond donors (Lipinski definition) is 0. The van der Waals surface area contributed by atoms with Gasteiger partial charge in [0, 0.05) is 17.6 Å². The maximum atomic E-state index is 12.4. The predicted octanol–water partition coefficient (Wildman–Crippen LogP) is 3.04. The Morgan fingerprint density at radius 2 is 2.11 bits per heavy atom. The van der Waals surface area contributed by atoms with Crippen LogP contribution in [0.3, 0.4) is 0 Å². The Bertz CT molecular complexity index is 504. The molecular formula is C15H19NO3. The number of rotatable bonds is 3. The highest BCUT2D eigenvalue weighted by molar-refractivity contribution is 5.93. The molecule has 19 heavy (non-hydrogen) atoms.